The highest BCUT2D eigenvalue weighted by Gasteiger charge is 2.26. The number of benzene rings is 7. The lowest BCUT2D eigenvalue weighted by atomic mass is 9.62. The van der Waals surface area contributed by atoms with Gasteiger partial charge in [-0.1, -0.05) is 189 Å². The zero-order chi connectivity index (χ0) is 43.5. The van der Waals surface area contributed by atoms with E-state index in [1.807, 2.05) is 140 Å². The van der Waals surface area contributed by atoms with Crippen molar-refractivity contribution < 1.29 is 0 Å². The summed E-state index contributed by atoms with van der Waals surface area (Å²) in [6.45, 7) is -0.253. The third kappa shape index (κ3) is 8.29. The van der Waals surface area contributed by atoms with Crippen molar-refractivity contribution in [2.24, 2.45) is 0 Å². The van der Waals surface area contributed by atoms with Gasteiger partial charge in [0.05, 0.1) is 0 Å². The van der Waals surface area contributed by atoms with E-state index in [-0.39, 0.29) is 78.0 Å². The van der Waals surface area contributed by atoms with E-state index in [0.717, 1.165) is 22.3 Å². The first-order chi connectivity index (χ1) is 29.3. The quantitative estimate of drug-likeness (QED) is 0.117. The Hall–Kier alpha value is -5.91. The van der Waals surface area contributed by atoms with Gasteiger partial charge in [-0.25, -0.2) is 0 Å². The van der Waals surface area contributed by atoms with Crippen LogP contribution in [0.2, 0.25) is 0 Å². The molecule has 7 rings (SSSR count). The maximum atomic E-state index is 7.06. The third-order valence-electron chi connectivity index (χ3n) is 10.8. The Kier molecular flexibility index (Phi) is 13.0. The molecule has 7 aromatic carbocycles. The Bertz CT molecular complexity index is 2720. The summed E-state index contributed by atoms with van der Waals surface area (Å²) >= 11 is 0. The van der Waals surface area contributed by atoms with Crippen molar-refractivity contribution >= 4 is 147 Å². The number of allylic oxidation sites excluding steroid dienone is 3. The van der Waals surface area contributed by atoms with E-state index in [1.54, 1.807) is 4.90 Å². The highest BCUT2D eigenvalue weighted by Crippen LogP contribution is 2.37. The second kappa shape index (κ2) is 18.4. The van der Waals surface area contributed by atoms with Crippen LogP contribution in [-0.2, 0) is 0 Å². The van der Waals surface area contributed by atoms with Crippen molar-refractivity contribution in [1.82, 2.24) is 0 Å². The molecule has 1 nitrogen and oxygen atoms in total. The van der Waals surface area contributed by atoms with E-state index >= 15 is 0 Å². The first-order valence-electron chi connectivity index (χ1n) is 19.2. The van der Waals surface area contributed by atoms with E-state index < -0.39 is 0 Å². The molecule has 12 heteroatoms. The molecule has 0 aromatic heterocycles. The molecule has 0 saturated heterocycles. The van der Waals surface area contributed by atoms with Crippen LogP contribution in [0.4, 0.5) is 11.4 Å². The molecule has 0 bridgehead atoms. The molecule has 0 amide bonds. The van der Waals surface area contributed by atoms with E-state index in [2.05, 4.69) is 5.92 Å². The molecule has 0 spiro atoms. The van der Waals surface area contributed by atoms with Crippen LogP contribution in [0.5, 0.6) is 0 Å². The van der Waals surface area contributed by atoms with Gasteiger partial charge in [-0.15, -0.1) is 11.9 Å². The number of nitrogens with zero attached hydrogens (tertiary/aromatic N) is 1. The Balaban J connectivity index is 1.46. The summed E-state index contributed by atoms with van der Waals surface area (Å²) in [7, 11) is 75.7. The van der Waals surface area contributed by atoms with Crippen LogP contribution in [0.1, 0.15) is 5.56 Å². The molecule has 0 saturated carbocycles. The second-order valence-electron chi connectivity index (χ2n) is 14.4. The summed E-state index contributed by atoms with van der Waals surface area (Å²) in [6, 6.07) is 44.3. The van der Waals surface area contributed by atoms with Gasteiger partial charge in [-0.2, -0.15) is 0 Å². The molecular formula is C49H26B11N. The van der Waals surface area contributed by atoms with E-state index in [1.165, 1.54) is 0 Å². The lowest BCUT2D eigenvalue weighted by molar-refractivity contribution is 1.10. The van der Waals surface area contributed by atoms with E-state index in [0.29, 0.717) is 33.4 Å². The molecule has 61 heavy (non-hydrogen) atoms. The topological polar surface area (TPSA) is 3.24 Å². The first-order valence-corrected chi connectivity index (χ1v) is 19.2. The molecule has 0 unspecified atom stereocenters. The van der Waals surface area contributed by atoms with Gasteiger partial charge in [0, 0.05) is 17.9 Å². The third-order valence-corrected chi connectivity index (χ3v) is 10.8. The largest absolute Gasteiger partial charge is 0.340 e. The standard InChI is InChI=1S/C49H26B11N/c1-2-34(50)36(31-23-24-32(27-15-7-3-8-16-27)33(25-31)28-17-9-4-10-18-28)39(52)35(51)26-61(48-44(57)40(53)37(41(54)45(48)58)29-19-11-5-12-20-29)49-46(59)42(55)38(43(56)47(49)60)30-21-13-6-14-22-30/h1,3-25H,26H2/b36-34+,39-35-. The first kappa shape index (κ1) is 43.2. The van der Waals surface area contributed by atoms with Crippen molar-refractivity contribution in [1.29, 1.82) is 0 Å². The van der Waals surface area contributed by atoms with Crippen LogP contribution in [0.3, 0.4) is 0 Å². The highest BCUT2D eigenvalue weighted by molar-refractivity contribution is 6.65. The normalized spacial score (nSPS) is 11.9. The second-order valence-corrected chi connectivity index (χ2v) is 14.4. The molecule has 0 N–H and O–H groups in total. The fourth-order valence-corrected chi connectivity index (χ4v) is 7.68. The van der Waals surface area contributed by atoms with Crippen molar-refractivity contribution in [3.05, 3.63) is 162 Å². The van der Waals surface area contributed by atoms with Crippen molar-refractivity contribution in [3.63, 3.8) is 0 Å². The van der Waals surface area contributed by atoms with Gasteiger partial charge in [0.1, 0.15) is 86.3 Å². The van der Waals surface area contributed by atoms with E-state index in [9.17, 15) is 0 Å². The minimum atomic E-state index is -0.253. The van der Waals surface area contributed by atoms with Crippen molar-refractivity contribution in [3.8, 4) is 56.9 Å². The molecular weight excluding hydrogens is 721 g/mol. The zero-order valence-electron chi connectivity index (χ0n) is 33.4. The number of terminal acetylenes is 1. The van der Waals surface area contributed by atoms with Crippen LogP contribution in [-0.4, -0.2) is 92.9 Å². The Labute approximate surface area is 374 Å². The smallest absolute Gasteiger partial charge is 0.127 e. The fraction of sp³-hybridized carbons (Fsp3) is 0.0204. The molecule has 0 aliphatic carbocycles. The molecule has 0 fully saturated rings. The average molecular weight is 748 g/mol. The lowest BCUT2D eigenvalue weighted by Gasteiger charge is -2.38. The molecule has 0 aliphatic heterocycles. The Morgan fingerprint density at radius 1 is 0.443 bits per heavy atom. The molecule has 0 aliphatic rings. The summed E-state index contributed by atoms with van der Waals surface area (Å²) in [5.41, 5.74) is 8.38. The lowest BCUT2D eigenvalue weighted by Crippen LogP contribution is -2.52. The van der Waals surface area contributed by atoms with Gasteiger partial charge >= 0.3 is 0 Å². The summed E-state index contributed by atoms with van der Waals surface area (Å²) in [6.07, 6.45) is 5.99. The van der Waals surface area contributed by atoms with Gasteiger partial charge < -0.3 is 4.90 Å². The predicted octanol–water partition coefficient (Wildman–Crippen LogP) is 1.60. The zero-order valence-corrected chi connectivity index (χ0v) is 33.4. The van der Waals surface area contributed by atoms with Crippen LogP contribution >= 0.6 is 0 Å². The van der Waals surface area contributed by atoms with Gasteiger partial charge in [0.25, 0.3) is 0 Å². The maximum Gasteiger partial charge on any atom is 0.127 e. The number of hydrogen-bond donors (Lipinski definition) is 0. The maximum absolute atomic E-state index is 7.06. The van der Waals surface area contributed by atoms with Crippen LogP contribution < -0.4 is 48.6 Å². The molecule has 7 aromatic rings. The summed E-state index contributed by atoms with van der Waals surface area (Å²) in [5.74, 6) is 2.56. The number of anilines is 2. The SMILES string of the molecule is [B]/C(CN(c1c([B])c([B])c(-c2ccccc2)c([B])c1[B])c1c([B])c([B])c(-c2ccccc2)c([B])c1[B])=C([B])/C(=C(/[B])C#C)c1ccc(-c2ccccc2)c(-c2ccccc2)c1. The summed E-state index contributed by atoms with van der Waals surface area (Å²) in [4.78, 5) is 1.57. The van der Waals surface area contributed by atoms with Crippen LogP contribution in [0.25, 0.3) is 50.1 Å². The van der Waals surface area contributed by atoms with Gasteiger partial charge in [-0.05, 0) is 67.2 Å². The fourth-order valence-electron chi connectivity index (χ4n) is 7.68. The van der Waals surface area contributed by atoms with Crippen molar-refractivity contribution in [2.45, 2.75) is 0 Å². The summed E-state index contributed by atoms with van der Waals surface area (Å²) < 4.78 is 0. The van der Waals surface area contributed by atoms with Gasteiger partial charge in [0.2, 0.25) is 0 Å². The summed E-state index contributed by atoms with van der Waals surface area (Å²) in [5, 5.41) is 0. The Morgan fingerprint density at radius 3 is 1.18 bits per heavy atom. The molecule has 22 radical (unpaired) electrons. The Morgan fingerprint density at radius 2 is 0.803 bits per heavy atom. The van der Waals surface area contributed by atoms with E-state index in [4.69, 9.17) is 92.7 Å². The number of hydrogen-bond acceptors (Lipinski definition) is 1. The average Bonchev–Trinajstić information content (AvgIpc) is 3.29. The highest BCUT2D eigenvalue weighted by atomic mass is 15.1. The van der Waals surface area contributed by atoms with Gasteiger partial charge in [-0.3, -0.25) is 0 Å². The molecule has 260 valence electrons. The van der Waals surface area contributed by atoms with Crippen LogP contribution in [0, 0.1) is 12.3 Å². The minimum Gasteiger partial charge on any atom is -0.340 e. The van der Waals surface area contributed by atoms with Gasteiger partial charge in [0.15, 0.2) is 0 Å². The molecule has 0 heterocycles. The number of rotatable bonds is 10. The van der Waals surface area contributed by atoms with Crippen LogP contribution in [0.15, 0.2) is 156 Å². The molecule has 0 atom stereocenters. The minimum absolute atomic E-state index is 0.0398. The monoisotopic (exact) mass is 749 g/mol. The van der Waals surface area contributed by atoms with Crippen molar-refractivity contribution in [2.75, 3.05) is 11.4 Å². The predicted molar refractivity (Wildman–Crippen MR) is 271 cm³/mol.